The molecule has 0 aromatic heterocycles. The Kier molecular flexibility index (Phi) is 5.61. The van der Waals surface area contributed by atoms with Gasteiger partial charge in [-0.25, -0.2) is 9.80 Å². The van der Waals surface area contributed by atoms with Gasteiger partial charge < -0.3 is 4.74 Å². The maximum absolute atomic E-state index is 13.1. The molecule has 1 unspecified atom stereocenters. The summed E-state index contributed by atoms with van der Waals surface area (Å²) in [5.74, 6) is -1.85. The van der Waals surface area contributed by atoms with Crippen LogP contribution in [0.15, 0.2) is 59.7 Å². The Labute approximate surface area is 167 Å². The number of hydrogen-bond acceptors (Lipinski definition) is 5. The van der Waals surface area contributed by atoms with E-state index in [4.69, 9.17) is 16.3 Å². The molecule has 2 aromatic rings. The lowest BCUT2D eigenvalue weighted by Crippen LogP contribution is -2.58. The van der Waals surface area contributed by atoms with E-state index in [1.165, 1.54) is 6.92 Å². The van der Waals surface area contributed by atoms with Crippen LogP contribution in [0.3, 0.4) is 0 Å². The van der Waals surface area contributed by atoms with Gasteiger partial charge in [-0.1, -0.05) is 41.9 Å². The molecule has 0 fully saturated rings. The zero-order chi connectivity index (χ0) is 20.3. The number of ether oxygens (including phenoxy) is 1. The SMILES string of the molecule is CCOC(=O)C1(C(C)=O)CC(c2ccc(Cl)cc2)=NN1C(=O)c1ccccc1. The number of esters is 1. The van der Waals surface area contributed by atoms with Gasteiger partial charge in [0, 0.05) is 17.0 Å². The molecule has 1 atom stereocenters. The summed E-state index contributed by atoms with van der Waals surface area (Å²) in [6, 6.07) is 15.2. The van der Waals surface area contributed by atoms with Crippen molar-refractivity contribution in [3.8, 4) is 0 Å². The van der Waals surface area contributed by atoms with Crippen LogP contribution < -0.4 is 0 Å². The fraction of sp³-hybridized carbons (Fsp3) is 0.238. The quantitative estimate of drug-likeness (QED) is 0.570. The first-order valence-corrected chi connectivity index (χ1v) is 9.19. The van der Waals surface area contributed by atoms with Crippen LogP contribution in [0.25, 0.3) is 0 Å². The fourth-order valence-corrected chi connectivity index (χ4v) is 3.23. The van der Waals surface area contributed by atoms with Crippen molar-refractivity contribution in [1.29, 1.82) is 0 Å². The Bertz CT molecular complexity index is 941. The first kappa shape index (κ1) is 19.8. The smallest absolute Gasteiger partial charge is 0.342 e. The number of carbonyl (C=O) groups excluding carboxylic acids is 3. The number of amides is 1. The number of hydrogen-bond donors (Lipinski definition) is 0. The maximum atomic E-state index is 13.1. The standard InChI is InChI=1S/C21H19ClN2O4/c1-3-28-20(27)21(14(2)25)13-18(15-9-11-17(22)12-10-15)23-24(21)19(26)16-7-5-4-6-8-16/h4-12H,3,13H2,1-2H3. The molecule has 28 heavy (non-hydrogen) atoms. The first-order valence-electron chi connectivity index (χ1n) is 8.81. The monoisotopic (exact) mass is 398 g/mol. The normalized spacial score (nSPS) is 18.5. The second-order valence-corrected chi connectivity index (χ2v) is 6.79. The van der Waals surface area contributed by atoms with Gasteiger partial charge in [0.15, 0.2) is 5.78 Å². The van der Waals surface area contributed by atoms with Gasteiger partial charge >= 0.3 is 5.97 Å². The summed E-state index contributed by atoms with van der Waals surface area (Å²) >= 11 is 5.94. The molecule has 0 saturated heterocycles. The van der Waals surface area contributed by atoms with Crippen molar-refractivity contribution in [2.45, 2.75) is 25.8 Å². The molecule has 0 radical (unpaired) electrons. The van der Waals surface area contributed by atoms with Gasteiger partial charge in [0.25, 0.3) is 5.91 Å². The lowest BCUT2D eigenvalue weighted by molar-refractivity contribution is -0.159. The van der Waals surface area contributed by atoms with Crippen LogP contribution in [0.4, 0.5) is 0 Å². The highest BCUT2D eigenvalue weighted by Gasteiger charge is 2.57. The fourth-order valence-electron chi connectivity index (χ4n) is 3.11. The van der Waals surface area contributed by atoms with Gasteiger partial charge in [-0.15, -0.1) is 0 Å². The summed E-state index contributed by atoms with van der Waals surface area (Å²) in [5, 5.41) is 5.89. The van der Waals surface area contributed by atoms with Gasteiger partial charge in [-0.3, -0.25) is 9.59 Å². The number of carbonyl (C=O) groups is 3. The second-order valence-electron chi connectivity index (χ2n) is 6.35. The van der Waals surface area contributed by atoms with Crippen LogP contribution in [0.1, 0.15) is 36.2 Å². The van der Waals surface area contributed by atoms with Gasteiger partial charge in [0.05, 0.1) is 12.3 Å². The lowest BCUT2D eigenvalue weighted by Gasteiger charge is -2.31. The molecule has 1 heterocycles. The molecule has 2 aromatic carbocycles. The lowest BCUT2D eigenvalue weighted by atomic mass is 9.87. The van der Waals surface area contributed by atoms with Crippen LogP contribution in [0.5, 0.6) is 0 Å². The van der Waals surface area contributed by atoms with Crippen molar-refractivity contribution in [2.24, 2.45) is 5.10 Å². The topological polar surface area (TPSA) is 76.0 Å². The minimum Gasteiger partial charge on any atom is -0.464 e. The van der Waals surface area contributed by atoms with E-state index in [2.05, 4.69) is 5.10 Å². The van der Waals surface area contributed by atoms with Crippen LogP contribution >= 0.6 is 11.6 Å². The van der Waals surface area contributed by atoms with E-state index in [-0.39, 0.29) is 13.0 Å². The second kappa shape index (κ2) is 7.94. The van der Waals surface area contributed by atoms with E-state index >= 15 is 0 Å². The molecule has 0 spiro atoms. The molecular weight excluding hydrogens is 380 g/mol. The van der Waals surface area contributed by atoms with Crippen LogP contribution in [-0.2, 0) is 14.3 Å². The number of rotatable bonds is 5. The molecule has 1 aliphatic rings. The molecule has 6 nitrogen and oxygen atoms in total. The van der Waals surface area contributed by atoms with E-state index in [0.29, 0.717) is 21.9 Å². The first-order chi connectivity index (χ1) is 13.4. The van der Waals surface area contributed by atoms with Gasteiger partial charge in [-0.05, 0) is 43.7 Å². The summed E-state index contributed by atoms with van der Waals surface area (Å²) in [6.07, 6.45) is -0.0681. The summed E-state index contributed by atoms with van der Waals surface area (Å²) in [5.41, 5.74) is -0.414. The van der Waals surface area contributed by atoms with E-state index < -0.39 is 23.2 Å². The van der Waals surface area contributed by atoms with Crippen molar-refractivity contribution in [2.75, 3.05) is 6.61 Å². The average molecular weight is 399 g/mol. The summed E-state index contributed by atoms with van der Waals surface area (Å²) in [4.78, 5) is 38.7. The third-order valence-electron chi connectivity index (χ3n) is 4.59. The predicted octanol–water partition coefficient (Wildman–Crippen LogP) is 3.48. The van der Waals surface area contributed by atoms with Crippen molar-refractivity contribution < 1.29 is 19.1 Å². The van der Waals surface area contributed by atoms with E-state index in [9.17, 15) is 14.4 Å². The van der Waals surface area contributed by atoms with Crippen LogP contribution in [0.2, 0.25) is 5.02 Å². The zero-order valence-electron chi connectivity index (χ0n) is 15.5. The van der Waals surface area contributed by atoms with Crippen LogP contribution in [0, 0.1) is 0 Å². The Balaban J connectivity index is 2.12. The summed E-state index contributed by atoms with van der Waals surface area (Å²) in [7, 11) is 0. The van der Waals surface area contributed by atoms with Crippen molar-refractivity contribution in [3.63, 3.8) is 0 Å². The zero-order valence-corrected chi connectivity index (χ0v) is 16.3. The van der Waals surface area contributed by atoms with Gasteiger partial charge in [-0.2, -0.15) is 5.10 Å². The van der Waals surface area contributed by atoms with Crippen molar-refractivity contribution in [3.05, 3.63) is 70.7 Å². The Morgan fingerprint density at radius 2 is 1.75 bits per heavy atom. The summed E-state index contributed by atoms with van der Waals surface area (Å²) < 4.78 is 5.16. The maximum Gasteiger partial charge on any atom is 0.342 e. The Hall–Kier alpha value is -2.99. The van der Waals surface area contributed by atoms with E-state index in [1.54, 1.807) is 61.5 Å². The number of nitrogens with zero attached hydrogens (tertiary/aromatic N) is 2. The highest BCUT2D eigenvalue weighted by molar-refractivity contribution is 6.30. The highest BCUT2D eigenvalue weighted by Crippen LogP contribution is 2.34. The molecule has 0 bridgehead atoms. The van der Waals surface area contributed by atoms with Gasteiger partial charge in [0.1, 0.15) is 0 Å². The molecular formula is C21H19ClN2O4. The minimum absolute atomic E-state index is 0.0681. The number of benzene rings is 2. The molecule has 0 saturated carbocycles. The molecule has 0 N–H and O–H groups in total. The third kappa shape index (κ3) is 3.43. The molecule has 7 heteroatoms. The number of halogens is 1. The molecule has 3 rings (SSSR count). The van der Waals surface area contributed by atoms with Crippen molar-refractivity contribution >= 4 is 35.0 Å². The molecule has 0 aliphatic carbocycles. The molecule has 1 aliphatic heterocycles. The number of ketones is 1. The number of hydrazone groups is 1. The third-order valence-corrected chi connectivity index (χ3v) is 4.84. The van der Waals surface area contributed by atoms with Crippen molar-refractivity contribution in [1.82, 2.24) is 5.01 Å². The Morgan fingerprint density at radius 3 is 2.32 bits per heavy atom. The Morgan fingerprint density at radius 1 is 1.11 bits per heavy atom. The summed E-state index contributed by atoms with van der Waals surface area (Å²) in [6.45, 7) is 2.99. The predicted molar refractivity (Wildman–Crippen MR) is 105 cm³/mol. The van der Waals surface area contributed by atoms with E-state index in [1.807, 2.05) is 0 Å². The highest BCUT2D eigenvalue weighted by atomic mass is 35.5. The minimum atomic E-state index is -1.84. The molecule has 144 valence electrons. The van der Waals surface area contributed by atoms with E-state index in [0.717, 1.165) is 5.01 Å². The molecule has 1 amide bonds. The number of Topliss-reactive ketones (excluding diaryl/α,β-unsaturated/α-hetero) is 1. The average Bonchev–Trinajstić information content (AvgIpc) is 3.11. The largest absolute Gasteiger partial charge is 0.464 e. The van der Waals surface area contributed by atoms with Gasteiger partial charge in [0.2, 0.25) is 5.54 Å². The van der Waals surface area contributed by atoms with Crippen LogP contribution in [-0.4, -0.2) is 40.5 Å².